The molecule has 1 aliphatic rings. The number of carbonyl (C=O) groups excluding carboxylic acids is 1. The summed E-state index contributed by atoms with van der Waals surface area (Å²) >= 11 is 0. The number of hydrogen-bond donors (Lipinski definition) is 1. The first kappa shape index (κ1) is 23.1. The number of carbonyl (C=O) groups is 1. The van der Waals surface area contributed by atoms with E-state index in [0.29, 0.717) is 42.1 Å². The first-order valence-electron chi connectivity index (χ1n) is 10.8. The molecular weight excluding hydrogens is 446 g/mol. The molecule has 0 spiro atoms. The number of fused-ring (bicyclic) bond motifs is 1. The molecule has 0 amide bonds. The molecule has 0 saturated heterocycles. The number of rotatable bonds is 11. The van der Waals surface area contributed by atoms with E-state index < -0.39 is 16.0 Å². The normalized spacial score (nSPS) is 13.8. The lowest BCUT2D eigenvalue weighted by molar-refractivity contribution is 0.0520. The Morgan fingerprint density at radius 3 is 2.70 bits per heavy atom. The van der Waals surface area contributed by atoms with E-state index in [4.69, 9.17) is 14.2 Å². The average Bonchev–Trinajstić information content (AvgIpc) is 3.53. The molecule has 1 aromatic carbocycles. The molecule has 33 heavy (non-hydrogen) atoms. The van der Waals surface area contributed by atoms with Crippen molar-refractivity contribution in [1.29, 1.82) is 0 Å². The molecule has 3 aromatic rings. The van der Waals surface area contributed by atoms with Crippen LogP contribution in [0.3, 0.4) is 0 Å². The number of aromatic nitrogens is 2. The van der Waals surface area contributed by atoms with Crippen LogP contribution in [0.5, 0.6) is 5.75 Å². The molecular formula is C23H27N3O6S. The van der Waals surface area contributed by atoms with Crippen LogP contribution in [-0.4, -0.2) is 57.8 Å². The fourth-order valence-corrected chi connectivity index (χ4v) is 4.99. The Morgan fingerprint density at radius 1 is 1.21 bits per heavy atom. The fourth-order valence-electron chi connectivity index (χ4n) is 3.51. The summed E-state index contributed by atoms with van der Waals surface area (Å²) in [6.45, 7) is 2.95. The minimum absolute atomic E-state index is 0.0401. The zero-order valence-corrected chi connectivity index (χ0v) is 19.4. The van der Waals surface area contributed by atoms with Crippen LogP contribution in [0, 0.1) is 5.92 Å². The zero-order chi connectivity index (χ0) is 23.4. The molecule has 0 unspecified atom stereocenters. The van der Waals surface area contributed by atoms with Crippen LogP contribution in [0.4, 0.5) is 5.69 Å². The smallest absolute Gasteiger partial charge is 0.354 e. The van der Waals surface area contributed by atoms with E-state index in [-0.39, 0.29) is 23.2 Å². The number of hydrogen-bond acceptors (Lipinski definition) is 7. The number of benzene rings is 1. The van der Waals surface area contributed by atoms with Gasteiger partial charge in [0.25, 0.3) is 10.0 Å². The fraction of sp³-hybridized carbons (Fsp3) is 0.391. The molecule has 9 nitrogen and oxygen atoms in total. The summed E-state index contributed by atoms with van der Waals surface area (Å²) in [5, 5.41) is 0.599. The maximum Gasteiger partial charge on any atom is 0.354 e. The van der Waals surface area contributed by atoms with Crippen LogP contribution < -0.4 is 9.04 Å². The van der Waals surface area contributed by atoms with Crippen molar-refractivity contribution in [1.82, 2.24) is 9.97 Å². The van der Waals surface area contributed by atoms with Crippen LogP contribution in [0.2, 0.25) is 0 Å². The minimum atomic E-state index is -3.96. The lowest BCUT2D eigenvalue weighted by Gasteiger charge is -2.25. The van der Waals surface area contributed by atoms with E-state index in [2.05, 4.69) is 9.97 Å². The molecule has 0 bridgehead atoms. The van der Waals surface area contributed by atoms with Crippen molar-refractivity contribution in [3.8, 4) is 5.75 Å². The molecule has 1 saturated carbocycles. The first-order valence-corrected chi connectivity index (χ1v) is 12.3. The number of esters is 1. The van der Waals surface area contributed by atoms with Crippen LogP contribution in [-0.2, 0) is 19.5 Å². The van der Waals surface area contributed by atoms with Crippen molar-refractivity contribution in [3.05, 3.63) is 48.3 Å². The molecule has 0 atom stereocenters. The van der Waals surface area contributed by atoms with Gasteiger partial charge >= 0.3 is 5.97 Å². The summed E-state index contributed by atoms with van der Waals surface area (Å²) in [6, 6.07) is 9.86. The highest BCUT2D eigenvalue weighted by Gasteiger charge is 2.34. The van der Waals surface area contributed by atoms with Gasteiger partial charge in [0.05, 0.1) is 24.4 Å². The molecule has 176 valence electrons. The summed E-state index contributed by atoms with van der Waals surface area (Å²) < 4.78 is 44.7. The van der Waals surface area contributed by atoms with Crippen molar-refractivity contribution in [3.63, 3.8) is 0 Å². The lowest BCUT2D eigenvalue weighted by Crippen LogP contribution is -2.33. The van der Waals surface area contributed by atoms with Crippen molar-refractivity contribution < 1.29 is 27.4 Å². The van der Waals surface area contributed by atoms with Gasteiger partial charge in [-0.15, -0.1) is 0 Å². The van der Waals surface area contributed by atoms with Gasteiger partial charge in [-0.25, -0.2) is 9.78 Å². The molecule has 1 fully saturated rings. The largest absolute Gasteiger partial charge is 0.491 e. The Balaban J connectivity index is 1.85. The minimum Gasteiger partial charge on any atom is -0.491 e. The van der Waals surface area contributed by atoms with Gasteiger partial charge in [-0.2, -0.15) is 8.42 Å². The van der Waals surface area contributed by atoms with Gasteiger partial charge in [-0.05, 0) is 49.9 Å². The van der Waals surface area contributed by atoms with E-state index in [1.807, 2.05) is 0 Å². The second-order valence-electron chi connectivity index (χ2n) is 7.80. The Morgan fingerprint density at radius 2 is 2.03 bits per heavy atom. The highest BCUT2D eigenvalue weighted by molar-refractivity contribution is 7.92. The molecule has 0 radical (unpaired) electrons. The Hall–Kier alpha value is -3.11. The molecule has 1 aliphatic carbocycles. The van der Waals surface area contributed by atoms with E-state index >= 15 is 0 Å². The summed E-state index contributed by atoms with van der Waals surface area (Å²) in [5.41, 5.74) is 1.15. The number of sulfonamides is 1. The topological polar surface area (TPSA) is 111 Å². The predicted octanol–water partition coefficient (Wildman–Crippen LogP) is 3.37. The van der Waals surface area contributed by atoms with Crippen molar-refractivity contribution in [2.24, 2.45) is 5.92 Å². The quantitative estimate of drug-likeness (QED) is 0.336. The van der Waals surface area contributed by atoms with Crippen molar-refractivity contribution in [2.75, 3.05) is 37.8 Å². The third-order valence-electron chi connectivity index (χ3n) is 5.31. The number of anilines is 1. The molecule has 2 aromatic heterocycles. The number of nitrogens with zero attached hydrogens (tertiary/aromatic N) is 2. The molecule has 4 rings (SSSR count). The lowest BCUT2D eigenvalue weighted by atomic mass is 10.2. The third-order valence-corrected chi connectivity index (χ3v) is 7.01. The Labute approximate surface area is 192 Å². The van der Waals surface area contributed by atoms with Crippen LogP contribution in [0.15, 0.2) is 47.6 Å². The summed E-state index contributed by atoms with van der Waals surface area (Å²) in [7, 11) is -2.38. The average molecular weight is 474 g/mol. The maximum atomic E-state index is 13.7. The highest BCUT2D eigenvalue weighted by atomic mass is 32.2. The molecule has 2 heterocycles. The first-order chi connectivity index (χ1) is 15.9. The van der Waals surface area contributed by atoms with Gasteiger partial charge in [0.1, 0.15) is 18.1 Å². The summed E-state index contributed by atoms with van der Waals surface area (Å²) in [4.78, 5) is 19.5. The monoisotopic (exact) mass is 473 g/mol. The Kier molecular flexibility index (Phi) is 6.85. The number of pyridine rings is 1. The van der Waals surface area contributed by atoms with Gasteiger partial charge in [-0.1, -0.05) is 6.07 Å². The summed E-state index contributed by atoms with van der Waals surface area (Å²) in [5.74, 6) is 0.222. The van der Waals surface area contributed by atoms with Gasteiger partial charge < -0.3 is 19.2 Å². The summed E-state index contributed by atoms with van der Waals surface area (Å²) in [6.07, 6.45) is 3.37. The maximum absolute atomic E-state index is 13.7. The number of H-pyrrole nitrogens is 1. The van der Waals surface area contributed by atoms with E-state index in [1.165, 1.54) is 16.6 Å². The van der Waals surface area contributed by atoms with Crippen molar-refractivity contribution >= 4 is 32.6 Å². The van der Waals surface area contributed by atoms with Gasteiger partial charge in [-0.3, -0.25) is 4.31 Å². The second kappa shape index (κ2) is 9.80. The van der Waals surface area contributed by atoms with Crippen LogP contribution in [0.1, 0.15) is 30.3 Å². The van der Waals surface area contributed by atoms with E-state index in [9.17, 15) is 13.2 Å². The predicted molar refractivity (Wildman–Crippen MR) is 123 cm³/mol. The SMILES string of the molecule is CCOC(=O)c1cc2cc(OCCOC)cc(N(CC3CC3)S(=O)(=O)c3ccccn3)c2[nH]1. The molecule has 0 aliphatic heterocycles. The number of methoxy groups -OCH3 is 1. The van der Waals surface area contributed by atoms with E-state index in [0.717, 1.165) is 12.8 Å². The number of ether oxygens (including phenoxy) is 3. The molecule has 1 N–H and O–H groups in total. The van der Waals surface area contributed by atoms with Crippen LogP contribution >= 0.6 is 0 Å². The van der Waals surface area contributed by atoms with Crippen molar-refractivity contribution in [2.45, 2.75) is 24.8 Å². The van der Waals surface area contributed by atoms with Gasteiger partial charge in [0, 0.05) is 31.3 Å². The van der Waals surface area contributed by atoms with Gasteiger partial charge in [0.15, 0.2) is 5.03 Å². The van der Waals surface area contributed by atoms with E-state index in [1.54, 1.807) is 44.4 Å². The number of nitrogens with one attached hydrogen (secondary N) is 1. The number of aromatic amines is 1. The molecule has 10 heteroatoms. The standard InChI is InChI=1S/C23H27N3O6S/c1-3-31-23(27)19-13-17-12-18(32-11-10-30-2)14-20(22(17)25-19)26(15-16-7-8-16)33(28,29)21-6-4-5-9-24-21/h4-6,9,12-14,16,25H,3,7-8,10-11,15H2,1-2H3. The zero-order valence-electron chi connectivity index (χ0n) is 18.6. The highest BCUT2D eigenvalue weighted by Crippen LogP contribution is 2.39. The van der Waals surface area contributed by atoms with Gasteiger partial charge in [0.2, 0.25) is 0 Å². The van der Waals surface area contributed by atoms with Crippen LogP contribution in [0.25, 0.3) is 10.9 Å². The third kappa shape index (κ3) is 5.12. The second-order valence-corrected chi connectivity index (χ2v) is 9.61. The Bertz CT molecular complexity index is 1220.